The highest BCUT2D eigenvalue weighted by Gasteiger charge is 2.21. The van der Waals surface area contributed by atoms with Gasteiger partial charge >= 0.3 is 0 Å². The van der Waals surface area contributed by atoms with Gasteiger partial charge in [0.15, 0.2) is 0 Å². The van der Waals surface area contributed by atoms with Crippen LogP contribution in [0, 0.1) is 12.8 Å². The van der Waals surface area contributed by atoms with Crippen molar-refractivity contribution in [2.24, 2.45) is 11.7 Å². The van der Waals surface area contributed by atoms with E-state index in [1.54, 1.807) is 0 Å². The summed E-state index contributed by atoms with van der Waals surface area (Å²) in [5, 5.41) is 0. The monoisotopic (exact) mass is 192 g/mol. The highest BCUT2D eigenvalue weighted by atomic mass is 14.7. The molecular weight excluding hydrogens is 172 g/mol. The van der Waals surface area contributed by atoms with Crippen LogP contribution < -0.4 is 5.73 Å². The molecule has 0 amide bonds. The van der Waals surface area contributed by atoms with Gasteiger partial charge < -0.3 is 5.73 Å². The van der Waals surface area contributed by atoms with Crippen molar-refractivity contribution in [2.45, 2.75) is 39.7 Å². The van der Waals surface area contributed by atoms with E-state index in [4.69, 9.17) is 5.73 Å². The quantitative estimate of drug-likeness (QED) is 0.799. The van der Waals surface area contributed by atoms with Crippen LogP contribution in [0.3, 0.4) is 0 Å². The zero-order valence-corrected chi connectivity index (χ0v) is 9.49. The fourth-order valence-corrected chi connectivity index (χ4v) is 2.11. The number of rotatable bonds is 3. The molecule has 0 aromatic carbocycles. The number of aromatic nitrogens is 1. The van der Waals surface area contributed by atoms with Crippen molar-refractivity contribution in [3.8, 4) is 0 Å². The Morgan fingerprint density at radius 2 is 1.93 bits per heavy atom. The predicted molar refractivity (Wildman–Crippen MR) is 60.2 cm³/mol. The standard InChI is InChI=1S/C12H20N2/c1-8(2)12(10(4)13)11-5-6-14-7-9(11)3/h5-8,10,12H,13H2,1-4H3. The molecule has 14 heavy (non-hydrogen) atoms. The molecule has 2 atom stereocenters. The third kappa shape index (κ3) is 2.32. The molecule has 2 unspecified atom stereocenters. The molecule has 2 heteroatoms. The van der Waals surface area contributed by atoms with Gasteiger partial charge in [0.2, 0.25) is 0 Å². The lowest BCUT2D eigenvalue weighted by Gasteiger charge is -2.26. The van der Waals surface area contributed by atoms with E-state index in [1.807, 2.05) is 12.4 Å². The molecule has 1 rings (SSSR count). The lowest BCUT2D eigenvalue weighted by molar-refractivity contribution is 0.434. The van der Waals surface area contributed by atoms with Crippen LogP contribution in [0.2, 0.25) is 0 Å². The van der Waals surface area contributed by atoms with Gasteiger partial charge in [0, 0.05) is 24.4 Å². The molecule has 0 spiro atoms. The van der Waals surface area contributed by atoms with Crippen molar-refractivity contribution in [1.29, 1.82) is 0 Å². The molecule has 0 aliphatic heterocycles. The number of nitrogens with two attached hydrogens (primary N) is 1. The summed E-state index contributed by atoms with van der Waals surface area (Å²) >= 11 is 0. The van der Waals surface area contributed by atoms with Crippen molar-refractivity contribution in [2.75, 3.05) is 0 Å². The Morgan fingerprint density at radius 1 is 1.29 bits per heavy atom. The van der Waals surface area contributed by atoms with E-state index in [1.165, 1.54) is 11.1 Å². The summed E-state index contributed by atoms with van der Waals surface area (Å²) in [5.74, 6) is 0.995. The van der Waals surface area contributed by atoms with Crippen molar-refractivity contribution in [3.05, 3.63) is 29.6 Å². The van der Waals surface area contributed by atoms with Gasteiger partial charge in [-0.05, 0) is 37.0 Å². The first-order valence-corrected chi connectivity index (χ1v) is 5.20. The molecule has 1 aromatic rings. The molecule has 0 aliphatic carbocycles. The minimum atomic E-state index is 0.191. The van der Waals surface area contributed by atoms with Crippen LogP contribution in [0.15, 0.2) is 18.5 Å². The number of hydrogen-bond donors (Lipinski definition) is 1. The number of hydrogen-bond acceptors (Lipinski definition) is 2. The summed E-state index contributed by atoms with van der Waals surface area (Å²) in [7, 11) is 0. The zero-order chi connectivity index (χ0) is 10.7. The van der Waals surface area contributed by atoms with Gasteiger partial charge in [-0.25, -0.2) is 0 Å². The van der Waals surface area contributed by atoms with Crippen LogP contribution >= 0.6 is 0 Å². The molecule has 0 saturated carbocycles. The van der Waals surface area contributed by atoms with Crippen LogP contribution in [0.5, 0.6) is 0 Å². The Bertz CT molecular complexity index is 284. The molecule has 2 nitrogen and oxygen atoms in total. The van der Waals surface area contributed by atoms with E-state index in [0.29, 0.717) is 11.8 Å². The first-order chi connectivity index (χ1) is 6.54. The van der Waals surface area contributed by atoms with Crippen molar-refractivity contribution in [3.63, 3.8) is 0 Å². The first kappa shape index (κ1) is 11.2. The predicted octanol–water partition coefficient (Wildman–Crippen LogP) is 2.48. The highest BCUT2D eigenvalue weighted by molar-refractivity contribution is 5.27. The lowest BCUT2D eigenvalue weighted by atomic mass is 9.82. The Balaban J connectivity index is 3.05. The van der Waals surface area contributed by atoms with Gasteiger partial charge in [0.05, 0.1) is 0 Å². The second-order valence-corrected chi connectivity index (χ2v) is 4.36. The number of aryl methyl sites for hydroxylation is 1. The number of nitrogens with zero attached hydrogens (tertiary/aromatic N) is 1. The minimum absolute atomic E-state index is 0.191. The summed E-state index contributed by atoms with van der Waals surface area (Å²) < 4.78 is 0. The average molecular weight is 192 g/mol. The molecule has 0 saturated heterocycles. The van der Waals surface area contributed by atoms with Crippen LogP contribution in [0.25, 0.3) is 0 Å². The Labute approximate surface area is 86.5 Å². The fourth-order valence-electron chi connectivity index (χ4n) is 2.11. The van der Waals surface area contributed by atoms with Crippen LogP contribution in [0.4, 0.5) is 0 Å². The SMILES string of the molecule is Cc1cnccc1C(C(C)C)C(C)N. The van der Waals surface area contributed by atoms with E-state index in [0.717, 1.165) is 0 Å². The maximum absolute atomic E-state index is 6.02. The van der Waals surface area contributed by atoms with Gasteiger partial charge in [-0.15, -0.1) is 0 Å². The van der Waals surface area contributed by atoms with Crippen molar-refractivity contribution < 1.29 is 0 Å². The van der Waals surface area contributed by atoms with Crippen LogP contribution in [-0.4, -0.2) is 11.0 Å². The van der Waals surface area contributed by atoms with Crippen LogP contribution in [0.1, 0.15) is 37.8 Å². The van der Waals surface area contributed by atoms with E-state index in [9.17, 15) is 0 Å². The van der Waals surface area contributed by atoms with Gasteiger partial charge in [-0.1, -0.05) is 13.8 Å². The highest BCUT2D eigenvalue weighted by Crippen LogP contribution is 2.28. The summed E-state index contributed by atoms with van der Waals surface area (Å²) in [4.78, 5) is 4.11. The second-order valence-electron chi connectivity index (χ2n) is 4.36. The molecule has 0 bridgehead atoms. The summed E-state index contributed by atoms with van der Waals surface area (Å²) in [5.41, 5.74) is 8.60. The van der Waals surface area contributed by atoms with E-state index >= 15 is 0 Å². The summed E-state index contributed by atoms with van der Waals surface area (Å²) in [6, 6.07) is 2.28. The molecule has 0 radical (unpaired) electrons. The molecular formula is C12H20N2. The third-order valence-corrected chi connectivity index (χ3v) is 2.71. The fraction of sp³-hybridized carbons (Fsp3) is 0.583. The zero-order valence-electron chi connectivity index (χ0n) is 9.49. The van der Waals surface area contributed by atoms with E-state index < -0.39 is 0 Å². The topological polar surface area (TPSA) is 38.9 Å². The maximum Gasteiger partial charge on any atom is 0.0299 e. The Hall–Kier alpha value is -0.890. The van der Waals surface area contributed by atoms with Gasteiger partial charge in [0.25, 0.3) is 0 Å². The third-order valence-electron chi connectivity index (χ3n) is 2.71. The molecule has 2 N–H and O–H groups in total. The lowest BCUT2D eigenvalue weighted by Crippen LogP contribution is -2.29. The largest absolute Gasteiger partial charge is 0.327 e. The normalized spacial score (nSPS) is 15.6. The Morgan fingerprint density at radius 3 is 2.36 bits per heavy atom. The van der Waals surface area contributed by atoms with Crippen LogP contribution in [-0.2, 0) is 0 Å². The van der Waals surface area contributed by atoms with Gasteiger partial charge in [-0.2, -0.15) is 0 Å². The first-order valence-electron chi connectivity index (χ1n) is 5.20. The molecule has 1 aromatic heterocycles. The molecule has 78 valence electrons. The van der Waals surface area contributed by atoms with Gasteiger partial charge in [0.1, 0.15) is 0 Å². The molecule has 0 fully saturated rings. The summed E-state index contributed by atoms with van der Waals surface area (Å²) in [6.45, 7) is 8.60. The van der Waals surface area contributed by atoms with Crippen molar-refractivity contribution in [1.82, 2.24) is 4.98 Å². The Kier molecular flexibility index (Phi) is 3.64. The maximum atomic E-state index is 6.02. The smallest absolute Gasteiger partial charge is 0.0299 e. The van der Waals surface area contributed by atoms with Crippen molar-refractivity contribution >= 4 is 0 Å². The molecule has 0 aliphatic rings. The minimum Gasteiger partial charge on any atom is -0.327 e. The summed E-state index contributed by atoms with van der Waals surface area (Å²) in [6.07, 6.45) is 3.76. The van der Waals surface area contributed by atoms with E-state index in [2.05, 4.69) is 38.7 Å². The molecule has 1 heterocycles. The number of pyridine rings is 1. The second kappa shape index (κ2) is 4.56. The average Bonchev–Trinajstić information content (AvgIpc) is 2.07. The van der Waals surface area contributed by atoms with Gasteiger partial charge in [-0.3, -0.25) is 4.98 Å². The van der Waals surface area contributed by atoms with E-state index in [-0.39, 0.29) is 6.04 Å².